The van der Waals surface area contributed by atoms with Gasteiger partial charge in [0, 0.05) is 0 Å². The van der Waals surface area contributed by atoms with Crippen LogP contribution in [0.4, 0.5) is 0 Å². The molecule has 0 heterocycles. The van der Waals surface area contributed by atoms with Crippen molar-refractivity contribution in [2.24, 2.45) is 0 Å². The van der Waals surface area contributed by atoms with Crippen LogP contribution in [-0.4, -0.2) is 3.93 Å². The summed E-state index contributed by atoms with van der Waals surface area (Å²) >= 11 is -5.61. The molecule has 0 amide bonds. The third kappa shape index (κ3) is 56700. The van der Waals surface area contributed by atoms with E-state index in [-0.39, 0.29) is 0 Å². The topological polar surface area (TPSA) is 71.4 Å². The first-order chi connectivity index (χ1) is 2.00. The number of hydrogen-bond donors (Lipinski definition) is 1. The molecular formula is HO4Ru. The molecule has 0 aliphatic carbocycles. The van der Waals surface area contributed by atoms with Gasteiger partial charge in [-0.2, -0.15) is 0 Å². The van der Waals surface area contributed by atoms with Gasteiger partial charge in [0.2, 0.25) is 0 Å². The summed E-state index contributed by atoms with van der Waals surface area (Å²) in [5, 5.41) is 0. The van der Waals surface area contributed by atoms with Gasteiger partial charge in [0.25, 0.3) is 0 Å². The molecular weight excluding hydrogens is 165 g/mol. The van der Waals surface area contributed by atoms with E-state index < -0.39 is 15.0 Å². The molecule has 0 spiro atoms. The molecule has 5 heteroatoms. The van der Waals surface area contributed by atoms with Gasteiger partial charge in [0.15, 0.2) is 0 Å². The van der Waals surface area contributed by atoms with Crippen LogP contribution in [-0.2, 0) is 25.7 Å². The Bertz CT molecular complexity index is 125. The standard InChI is InChI=1S/H2O.3O.Ru/h1H2;;;;/q;;;;+1/p-1. The maximum atomic E-state index is 8.72. The normalized spacial score (nSPS) is 11.4. The van der Waals surface area contributed by atoms with Gasteiger partial charge in [-0.05, 0) is 0 Å². The second-order valence-corrected chi connectivity index (χ2v) is 2.19. The first-order valence-corrected chi connectivity index (χ1v) is 3.50. The van der Waals surface area contributed by atoms with Gasteiger partial charge in [0.05, 0.1) is 0 Å². The maximum absolute atomic E-state index is 8.72. The molecule has 5 heavy (non-hydrogen) atoms. The fraction of sp³-hybridized carbons (Fsp3) is 0. The predicted molar refractivity (Wildman–Crippen MR) is 4.28 cm³/mol. The van der Waals surface area contributed by atoms with E-state index in [0.29, 0.717) is 0 Å². The summed E-state index contributed by atoms with van der Waals surface area (Å²) in [7, 11) is 0. The Morgan fingerprint density at radius 1 is 1.20 bits per heavy atom. The van der Waals surface area contributed by atoms with E-state index >= 15 is 0 Å². The first-order valence-electron chi connectivity index (χ1n) is 0.591. The van der Waals surface area contributed by atoms with Crippen LogP contribution in [0.5, 0.6) is 0 Å². The number of hydrogen-bond acceptors (Lipinski definition) is 3. The Morgan fingerprint density at radius 2 is 1.20 bits per heavy atom. The fourth-order valence-electron chi connectivity index (χ4n) is 0. The summed E-state index contributed by atoms with van der Waals surface area (Å²) < 4.78 is 33.2. The molecule has 0 radical (unpaired) electrons. The van der Waals surface area contributed by atoms with Crippen molar-refractivity contribution < 1.29 is 29.6 Å². The van der Waals surface area contributed by atoms with E-state index in [2.05, 4.69) is 0 Å². The molecule has 0 aromatic heterocycles. The van der Waals surface area contributed by atoms with Crippen LogP contribution in [0.15, 0.2) is 0 Å². The van der Waals surface area contributed by atoms with Crippen LogP contribution < -0.4 is 0 Å². The summed E-state index contributed by atoms with van der Waals surface area (Å²) in [6.45, 7) is 0. The summed E-state index contributed by atoms with van der Waals surface area (Å²) in [6, 6.07) is 0. The Balaban J connectivity index is 4.87. The molecule has 0 aromatic carbocycles. The average molecular weight is 166 g/mol. The zero-order chi connectivity index (χ0) is 4.50. The van der Waals surface area contributed by atoms with Gasteiger partial charge in [-0.1, -0.05) is 0 Å². The Hall–Kier alpha value is -0.0166. The minimum atomic E-state index is -5.61. The number of rotatable bonds is 0. The van der Waals surface area contributed by atoms with Crippen molar-refractivity contribution in [1.82, 2.24) is 0 Å². The quantitative estimate of drug-likeness (QED) is 0.472. The van der Waals surface area contributed by atoms with Crippen LogP contribution in [0.1, 0.15) is 0 Å². The van der Waals surface area contributed by atoms with E-state index in [1.807, 2.05) is 0 Å². The molecule has 0 bridgehead atoms. The van der Waals surface area contributed by atoms with E-state index in [0.717, 1.165) is 0 Å². The molecule has 0 atom stereocenters. The molecule has 0 fully saturated rings. The van der Waals surface area contributed by atoms with Gasteiger partial charge < -0.3 is 0 Å². The molecule has 0 aromatic rings. The molecule has 1 N–H and O–H groups in total. The summed E-state index contributed by atoms with van der Waals surface area (Å²) in [5.74, 6) is 0. The molecule has 33 valence electrons. The van der Waals surface area contributed by atoms with Crippen LogP contribution in [0.3, 0.4) is 0 Å². The summed E-state index contributed by atoms with van der Waals surface area (Å²) in [4.78, 5) is 0. The van der Waals surface area contributed by atoms with E-state index in [4.69, 9.17) is 14.7 Å². The van der Waals surface area contributed by atoms with Gasteiger partial charge >= 0.3 is 29.6 Å². The summed E-state index contributed by atoms with van der Waals surface area (Å²) in [5.41, 5.74) is 0. The third-order valence-corrected chi connectivity index (χ3v) is 0. The SMILES string of the molecule is [O]=[Ru](=[O])(=[O])[OH]. The predicted octanol–water partition coefficient (Wildman–Crippen LogP) is -0.916. The Kier molecular flexibility index (Phi) is 0.987. The van der Waals surface area contributed by atoms with Crippen molar-refractivity contribution in [1.29, 1.82) is 0 Å². The van der Waals surface area contributed by atoms with Gasteiger partial charge in [0.1, 0.15) is 0 Å². The Morgan fingerprint density at radius 3 is 1.20 bits per heavy atom. The van der Waals surface area contributed by atoms with Crippen molar-refractivity contribution in [2.45, 2.75) is 0 Å². The zero-order valence-electron chi connectivity index (χ0n) is 2.03. The molecule has 0 unspecified atom stereocenters. The first kappa shape index (κ1) is 4.98. The van der Waals surface area contributed by atoms with E-state index in [1.165, 1.54) is 0 Å². The molecule has 0 saturated carbocycles. The van der Waals surface area contributed by atoms with Crippen molar-refractivity contribution in [3.8, 4) is 0 Å². The average Bonchev–Trinajstić information content (AvgIpc) is 0.722. The van der Waals surface area contributed by atoms with Crippen molar-refractivity contribution >= 4 is 0 Å². The zero-order valence-corrected chi connectivity index (χ0v) is 3.76. The fourth-order valence-corrected chi connectivity index (χ4v) is 0. The van der Waals surface area contributed by atoms with Gasteiger partial charge in [-0.15, -0.1) is 0 Å². The van der Waals surface area contributed by atoms with E-state index in [9.17, 15) is 0 Å². The van der Waals surface area contributed by atoms with Crippen LogP contribution >= 0.6 is 0 Å². The van der Waals surface area contributed by atoms with Crippen LogP contribution in [0.25, 0.3) is 0 Å². The van der Waals surface area contributed by atoms with Crippen LogP contribution in [0, 0.1) is 0 Å². The third-order valence-electron chi connectivity index (χ3n) is 0. The molecule has 4 nitrogen and oxygen atoms in total. The second-order valence-electron chi connectivity index (χ2n) is 0.370. The monoisotopic (exact) mass is 167 g/mol. The molecule has 0 saturated heterocycles. The molecule has 0 aliphatic heterocycles. The van der Waals surface area contributed by atoms with Crippen molar-refractivity contribution in [2.75, 3.05) is 0 Å². The molecule has 0 rings (SSSR count). The minimum absolute atomic E-state index is 5.61. The molecule has 0 aliphatic rings. The second kappa shape index (κ2) is 0.990. The van der Waals surface area contributed by atoms with Crippen molar-refractivity contribution in [3.63, 3.8) is 0 Å². The van der Waals surface area contributed by atoms with Gasteiger partial charge in [-0.25, -0.2) is 0 Å². The van der Waals surface area contributed by atoms with Crippen LogP contribution in [0.2, 0.25) is 0 Å². The Labute approximate surface area is 30.4 Å². The van der Waals surface area contributed by atoms with E-state index in [1.54, 1.807) is 0 Å². The van der Waals surface area contributed by atoms with Crippen molar-refractivity contribution in [3.05, 3.63) is 0 Å². The van der Waals surface area contributed by atoms with Gasteiger partial charge in [-0.3, -0.25) is 0 Å². The summed E-state index contributed by atoms with van der Waals surface area (Å²) in [6.07, 6.45) is 0.